The molecule has 1 fully saturated rings. The van der Waals surface area contributed by atoms with Crippen LogP contribution in [-0.4, -0.2) is 49.3 Å². The normalized spacial score (nSPS) is 22.0. The molecule has 0 radical (unpaired) electrons. The molecule has 1 unspecified atom stereocenters. The number of hydrogen-bond donors (Lipinski definition) is 1. The van der Waals surface area contributed by atoms with Crippen LogP contribution in [0.3, 0.4) is 0 Å². The molecule has 0 saturated carbocycles. The lowest BCUT2D eigenvalue weighted by atomic mass is 9.95. The average Bonchev–Trinajstić information content (AvgIpc) is 2.30. The van der Waals surface area contributed by atoms with Gasteiger partial charge >= 0.3 is 5.97 Å². The van der Waals surface area contributed by atoms with E-state index < -0.39 is 0 Å². The summed E-state index contributed by atoms with van der Waals surface area (Å²) in [6, 6.07) is 0. The molecule has 1 rings (SSSR count). The number of esters is 1. The van der Waals surface area contributed by atoms with Gasteiger partial charge in [0.25, 0.3) is 0 Å². The van der Waals surface area contributed by atoms with Crippen LogP contribution in [0.2, 0.25) is 0 Å². The molecule has 16 heavy (non-hydrogen) atoms. The monoisotopic (exact) mass is 229 g/mol. The molecule has 0 spiro atoms. The van der Waals surface area contributed by atoms with Gasteiger partial charge in [-0.25, -0.2) is 0 Å². The molecule has 0 aromatic heterocycles. The summed E-state index contributed by atoms with van der Waals surface area (Å²) in [5.41, 5.74) is 0. The second-order valence-electron chi connectivity index (χ2n) is 4.50. The van der Waals surface area contributed by atoms with E-state index in [-0.39, 0.29) is 5.97 Å². The van der Waals surface area contributed by atoms with Gasteiger partial charge in [-0.05, 0) is 44.7 Å². The fourth-order valence-electron chi connectivity index (χ4n) is 2.32. The van der Waals surface area contributed by atoms with Crippen LogP contribution in [0.5, 0.6) is 0 Å². The number of ether oxygens (including phenoxy) is 1. The van der Waals surface area contributed by atoms with Crippen molar-refractivity contribution < 1.29 is 14.6 Å². The number of nitrogens with zero attached hydrogens (tertiary/aromatic N) is 1. The minimum Gasteiger partial charge on any atom is -0.469 e. The van der Waals surface area contributed by atoms with E-state index in [0.717, 1.165) is 32.5 Å². The van der Waals surface area contributed by atoms with Crippen LogP contribution in [0.15, 0.2) is 0 Å². The molecule has 1 saturated heterocycles. The number of piperidine rings is 1. The highest BCUT2D eigenvalue weighted by Crippen LogP contribution is 2.19. The summed E-state index contributed by atoms with van der Waals surface area (Å²) in [6.07, 6.45) is 4.74. The molecule has 0 aliphatic carbocycles. The Morgan fingerprint density at radius 1 is 1.56 bits per heavy atom. The number of aliphatic hydroxyl groups is 1. The van der Waals surface area contributed by atoms with Crippen molar-refractivity contribution in [1.82, 2.24) is 4.90 Å². The van der Waals surface area contributed by atoms with Crippen LogP contribution in [0.4, 0.5) is 0 Å². The van der Waals surface area contributed by atoms with Crippen LogP contribution in [0.25, 0.3) is 0 Å². The van der Waals surface area contributed by atoms with Gasteiger partial charge < -0.3 is 14.7 Å². The summed E-state index contributed by atoms with van der Waals surface area (Å²) in [4.78, 5) is 13.3. The Labute approximate surface area is 97.6 Å². The van der Waals surface area contributed by atoms with Crippen LogP contribution in [0, 0.1) is 5.92 Å². The molecule has 1 heterocycles. The van der Waals surface area contributed by atoms with E-state index in [0.29, 0.717) is 18.9 Å². The highest BCUT2D eigenvalue weighted by Gasteiger charge is 2.19. The molecule has 1 aliphatic rings. The number of aliphatic hydroxyl groups excluding tert-OH is 1. The van der Waals surface area contributed by atoms with Crippen LogP contribution in [0.1, 0.15) is 32.1 Å². The molecule has 94 valence electrons. The van der Waals surface area contributed by atoms with Crippen molar-refractivity contribution in [2.24, 2.45) is 5.92 Å². The zero-order chi connectivity index (χ0) is 11.8. The van der Waals surface area contributed by atoms with Crippen LogP contribution in [-0.2, 0) is 9.53 Å². The van der Waals surface area contributed by atoms with E-state index >= 15 is 0 Å². The summed E-state index contributed by atoms with van der Waals surface area (Å²) < 4.78 is 4.61. The number of carbonyl (C=O) groups is 1. The molecule has 0 aromatic rings. The molecule has 4 heteroatoms. The highest BCUT2D eigenvalue weighted by atomic mass is 16.5. The summed E-state index contributed by atoms with van der Waals surface area (Å²) in [7, 11) is 1.43. The van der Waals surface area contributed by atoms with Crippen molar-refractivity contribution in [1.29, 1.82) is 0 Å². The van der Waals surface area contributed by atoms with E-state index in [1.54, 1.807) is 0 Å². The van der Waals surface area contributed by atoms with Crippen molar-refractivity contribution in [3.63, 3.8) is 0 Å². The first-order chi connectivity index (χ1) is 7.76. The van der Waals surface area contributed by atoms with Gasteiger partial charge in [-0.3, -0.25) is 4.79 Å². The van der Waals surface area contributed by atoms with E-state index in [9.17, 15) is 4.79 Å². The Balaban J connectivity index is 2.14. The molecule has 0 aromatic carbocycles. The van der Waals surface area contributed by atoms with Crippen LogP contribution < -0.4 is 0 Å². The Morgan fingerprint density at radius 2 is 2.38 bits per heavy atom. The summed E-state index contributed by atoms with van der Waals surface area (Å²) in [6.45, 7) is 3.46. The predicted octanol–water partition coefficient (Wildman–Crippen LogP) is 1.03. The number of carbonyl (C=O) groups excluding carboxylic acids is 1. The Morgan fingerprint density at radius 3 is 3.06 bits per heavy atom. The third-order valence-electron chi connectivity index (χ3n) is 3.22. The van der Waals surface area contributed by atoms with Gasteiger partial charge in [-0.15, -0.1) is 0 Å². The lowest BCUT2D eigenvalue weighted by molar-refractivity contribution is -0.140. The molecule has 1 atom stereocenters. The second kappa shape index (κ2) is 7.63. The summed E-state index contributed by atoms with van der Waals surface area (Å²) >= 11 is 0. The SMILES string of the molecule is COC(=O)CCCN1CCCC(CCO)C1. The third kappa shape index (κ3) is 4.94. The molecule has 4 nitrogen and oxygen atoms in total. The van der Waals surface area contributed by atoms with Crippen molar-refractivity contribution in [2.75, 3.05) is 33.4 Å². The fraction of sp³-hybridized carbons (Fsp3) is 0.917. The van der Waals surface area contributed by atoms with E-state index in [1.807, 2.05) is 0 Å². The first kappa shape index (κ1) is 13.5. The van der Waals surface area contributed by atoms with Crippen molar-refractivity contribution in [2.45, 2.75) is 32.1 Å². The van der Waals surface area contributed by atoms with Gasteiger partial charge in [0.15, 0.2) is 0 Å². The van der Waals surface area contributed by atoms with E-state index in [2.05, 4.69) is 9.64 Å². The predicted molar refractivity (Wildman–Crippen MR) is 62.1 cm³/mol. The maximum atomic E-state index is 10.9. The Kier molecular flexibility index (Phi) is 6.42. The maximum absolute atomic E-state index is 10.9. The quantitative estimate of drug-likeness (QED) is 0.691. The van der Waals surface area contributed by atoms with Gasteiger partial charge in [0.1, 0.15) is 0 Å². The zero-order valence-corrected chi connectivity index (χ0v) is 10.2. The van der Waals surface area contributed by atoms with Crippen molar-refractivity contribution in [3.05, 3.63) is 0 Å². The molecular weight excluding hydrogens is 206 g/mol. The molecule has 0 amide bonds. The lowest BCUT2D eigenvalue weighted by Crippen LogP contribution is -2.36. The topological polar surface area (TPSA) is 49.8 Å². The maximum Gasteiger partial charge on any atom is 0.305 e. The van der Waals surface area contributed by atoms with Crippen molar-refractivity contribution in [3.8, 4) is 0 Å². The van der Waals surface area contributed by atoms with Gasteiger partial charge in [-0.1, -0.05) is 0 Å². The van der Waals surface area contributed by atoms with Gasteiger partial charge in [-0.2, -0.15) is 0 Å². The number of rotatable bonds is 6. The van der Waals surface area contributed by atoms with Crippen LogP contribution >= 0.6 is 0 Å². The number of methoxy groups -OCH3 is 1. The largest absolute Gasteiger partial charge is 0.469 e. The average molecular weight is 229 g/mol. The van der Waals surface area contributed by atoms with Gasteiger partial charge in [0.05, 0.1) is 7.11 Å². The molecular formula is C12H23NO3. The summed E-state index contributed by atoms with van der Waals surface area (Å²) in [5.74, 6) is 0.515. The molecule has 1 N–H and O–H groups in total. The smallest absolute Gasteiger partial charge is 0.305 e. The first-order valence-corrected chi connectivity index (χ1v) is 6.16. The van der Waals surface area contributed by atoms with Gasteiger partial charge in [0.2, 0.25) is 0 Å². The molecule has 1 aliphatic heterocycles. The zero-order valence-electron chi connectivity index (χ0n) is 10.2. The van der Waals surface area contributed by atoms with E-state index in [1.165, 1.54) is 20.0 Å². The first-order valence-electron chi connectivity index (χ1n) is 6.16. The summed E-state index contributed by atoms with van der Waals surface area (Å²) in [5, 5.41) is 8.91. The molecule has 0 bridgehead atoms. The third-order valence-corrected chi connectivity index (χ3v) is 3.22. The lowest BCUT2D eigenvalue weighted by Gasteiger charge is -2.32. The number of hydrogen-bond acceptors (Lipinski definition) is 4. The minimum absolute atomic E-state index is 0.121. The van der Waals surface area contributed by atoms with Gasteiger partial charge in [0, 0.05) is 19.6 Å². The highest BCUT2D eigenvalue weighted by molar-refractivity contribution is 5.69. The minimum atomic E-state index is -0.121. The fourth-order valence-corrected chi connectivity index (χ4v) is 2.32. The van der Waals surface area contributed by atoms with Crippen molar-refractivity contribution >= 4 is 5.97 Å². The Hall–Kier alpha value is -0.610. The standard InChI is InChI=1S/C12H23NO3/c1-16-12(15)5-3-8-13-7-2-4-11(10-13)6-9-14/h11,14H,2-10H2,1H3. The Bertz CT molecular complexity index is 206. The van der Waals surface area contributed by atoms with E-state index in [4.69, 9.17) is 5.11 Å². The number of likely N-dealkylation sites (tertiary alicyclic amines) is 1. The second-order valence-corrected chi connectivity index (χ2v) is 4.50.